The molecule has 7 heteroatoms. The molecule has 0 saturated carbocycles. The largest absolute Gasteiger partial charge is 0.490 e. The van der Waals surface area contributed by atoms with Crippen molar-refractivity contribution in [3.05, 3.63) is 44.1 Å². The highest BCUT2D eigenvalue weighted by Crippen LogP contribution is 2.46. The van der Waals surface area contributed by atoms with Crippen LogP contribution >= 0.6 is 22.6 Å². The highest BCUT2D eigenvalue weighted by molar-refractivity contribution is 14.1. The Morgan fingerprint density at radius 2 is 2.04 bits per heavy atom. The van der Waals surface area contributed by atoms with Crippen LogP contribution in [0.3, 0.4) is 0 Å². The number of carbonyl (C=O) groups excluding carboxylic acids is 1. The summed E-state index contributed by atoms with van der Waals surface area (Å²) in [5, 5.41) is 9.69. The van der Waals surface area contributed by atoms with Crippen LogP contribution in [0.1, 0.15) is 44.6 Å². The van der Waals surface area contributed by atoms with Crippen LogP contribution in [0.2, 0.25) is 0 Å². The van der Waals surface area contributed by atoms with E-state index in [0.29, 0.717) is 48.9 Å². The number of nitriles is 1. The van der Waals surface area contributed by atoms with E-state index in [1.54, 1.807) is 0 Å². The van der Waals surface area contributed by atoms with E-state index < -0.39 is 5.92 Å². The minimum absolute atomic E-state index is 0.00310. The average Bonchev–Trinajstić information content (AvgIpc) is 2.63. The van der Waals surface area contributed by atoms with Crippen LogP contribution in [-0.2, 0) is 9.53 Å². The number of nitrogens with zero attached hydrogens (tertiary/aromatic N) is 1. The van der Waals surface area contributed by atoms with Crippen LogP contribution < -0.4 is 15.2 Å². The van der Waals surface area contributed by atoms with E-state index in [1.807, 2.05) is 26.0 Å². The summed E-state index contributed by atoms with van der Waals surface area (Å²) in [6.07, 6.45) is 1.82. The monoisotopic (exact) mass is 480 g/mol. The van der Waals surface area contributed by atoms with Crippen LogP contribution in [0.25, 0.3) is 0 Å². The molecule has 142 valence electrons. The fourth-order valence-electron chi connectivity index (χ4n) is 3.49. The van der Waals surface area contributed by atoms with Gasteiger partial charge in [-0.3, -0.25) is 4.79 Å². The number of carbonyl (C=O) groups is 1. The van der Waals surface area contributed by atoms with E-state index in [0.717, 1.165) is 15.6 Å². The lowest BCUT2D eigenvalue weighted by molar-refractivity contribution is -0.116. The zero-order chi connectivity index (χ0) is 19.6. The van der Waals surface area contributed by atoms with Crippen molar-refractivity contribution in [2.75, 3.05) is 13.2 Å². The van der Waals surface area contributed by atoms with E-state index in [9.17, 15) is 10.1 Å². The molecule has 0 unspecified atom stereocenters. The molecule has 1 aliphatic carbocycles. The van der Waals surface area contributed by atoms with Gasteiger partial charge >= 0.3 is 0 Å². The van der Waals surface area contributed by atoms with Crippen LogP contribution in [0, 0.1) is 14.9 Å². The number of ether oxygens (including phenoxy) is 3. The zero-order valence-corrected chi connectivity index (χ0v) is 17.5. The first-order chi connectivity index (χ1) is 13.0. The third-order valence-electron chi connectivity index (χ3n) is 4.56. The quantitative estimate of drug-likeness (QED) is 0.643. The molecule has 2 aliphatic rings. The number of nitrogens with two attached hydrogens (primary N) is 1. The lowest BCUT2D eigenvalue weighted by Crippen LogP contribution is -2.27. The van der Waals surface area contributed by atoms with Crippen molar-refractivity contribution in [1.82, 2.24) is 0 Å². The highest BCUT2D eigenvalue weighted by Gasteiger charge is 2.38. The first kappa shape index (κ1) is 19.5. The molecule has 0 aromatic heterocycles. The van der Waals surface area contributed by atoms with Gasteiger partial charge in [-0.1, -0.05) is 0 Å². The van der Waals surface area contributed by atoms with Crippen molar-refractivity contribution in [3.8, 4) is 17.6 Å². The molecule has 1 atom stereocenters. The fraction of sp³-hybridized carbons (Fsp3) is 0.400. The minimum Gasteiger partial charge on any atom is -0.490 e. The molecule has 2 N–H and O–H groups in total. The minimum atomic E-state index is -0.546. The SMILES string of the molecule is CCOc1cc([C@H]2C(C#N)=C(N)OC3=C2C(=O)CCC3)cc(I)c1OCC. The molecule has 27 heavy (non-hydrogen) atoms. The van der Waals surface area contributed by atoms with E-state index in [4.69, 9.17) is 19.9 Å². The van der Waals surface area contributed by atoms with Crippen LogP contribution in [0.4, 0.5) is 0 Å². The summed E-state index contributed by atoms with van der Waals surface area (Å²) < 4.78 is 18.0. The van der Waals surface area contributed by atoms with Gasteiger partial charge in [-0.2, -0.15) is 5.26 Å². The average molecular weight is 480 g/mol. The van der Waals surface area contributed by atoms with Gasteiger partial charge in [0.15, 0.2) is 17.3 Å². The van der Waals surface area contributed by atoms with Gasteiger partial charge in [-0.05, 0) is 60.6 Å². The van der Waals surface area contributed by atoms with Crippen molar-refractivity contribution >= 4 is 28.4 Å². The second kappa shape index (κ2) is 8.21. The molecule has 0 amide bonds. The van der Waals surface area contributed by atoms with Crippen molar-refractivity contribution in [2.45, 2.75) is 39.0 Å². The molecule has 3 rings (SSSR count). The van der Waals surface area contributed by atoms with Gasteiger partial charge in [0.25, 0.3) is 0 Å². The Labute approximate surface area is 172 Å². The van der Waals surface area contributed by atoms with Gasteiger partial charge in [-0.15, -0.1) is 0 Å². The normalized spacial score (nSPS) is 19.3. The molecule has 1 heterocycles. The Bertz CT molecular complexity index is 883. The first-order valence-electron chi connectivity index (χ1n) is 8.94. The number of Topliss-reactive ketones (excluding diaryl/α,β-unsaturated/α-hetero) is 1. The maximum atomic E-state index is 12.7. The summed E-state index contributed by atoms with van der Waals surface area (Å²) in [6, 6.07) is 5.89. The fourth-order valence-corrected chi connectivity index (χ4v) is 4.27. The number of hydrogen-bond acceptors (Lipinski definition) is 6. The Kier molecular flexibility index (Phi) is 5.95. The molecular weight excluding hydrogens is 459 g/mol. The van der Waals surface area contributed by atoms with Crippen molar-refractivity contribution < 1.29 is 19.0 Å². The molecule has 0 fully saturated rings. The summed E-state index contributed by atoms with van der Waals surface area (Å²) in [5.41, 5.74) is 7.58. The lowest BCUT2D eigenvalue weighted by Gasteiger charge is -2.31. The topological polar surface area (TPSA) is 94.6 Å². The molecule has 0 saturated heterocycles. The van der Waals surface area contributed by atoms with Gasteiger partial charge in [0.1, 0.15) is 17.4 Å². The Hall–Kier alpha value is -2.21. The maximum Gasteiger partial charge on any atom is 0.205 e. The number of hydrogen-bond donors (Lipinski definition) is 1. The smallest absolute Gasteiger partial charge is 0.205 e. The van der Waals surface area contributed by atoms with Gasteiger partial charge < -0.3 is 19.9 Å². The second-order valence-electron chi connectivity index (χ2n) is 6.23. The second-order valence-corrected chi connectivity index (χ2v) is 7.40. The summed E-state index contributed by atoms with van der Waals surface area (Å²) in [4.78, 5) is 12.7. The first-order valence-corrected chi connectivity index (χ1v) is 10.0. The molecule has 0 bridgehead atoms. The molecule has 1 aliphatic heterocycles. The Morgan fingerprint density at radius 3 is 2.70 bits per heavy atom. The zero-order valence-electron chi connectivity index (χ0n) is 15.3. The van der Waals surface area contributed by atoms with Crippen LogP contribution in [0.5, 0.6) is 11.5 Å². The predicted octanol–water partition coefficient (Wildman–Crippen LogP) is 3.90. The Balaban J connectivity index is 2.19. The van der Waals surface area contributed by atoms with Gasteiger partial charge in [0, 0.05) is 18.4 Å². The molecule has 0 spiro atoms. The maximum absolute atomic E-state index is 12.7. The standard InChI is InChI=1S/C20H21IN2O4/c1-3-25-16-9-11(8-13(21)19(16)26-4-2)17-12(10-22)20(23)27-15-7-5-6-14(24)18(15)17/h8-9,17H,3-7,23H2,1-2H3/t17-/m0/s1. The third kappa shape index (κ3) is 3.63. The number of ketones is 1. The third-order valence-corrected chi connectivity index (χ3v) is 5.36. The summed E-state index contributed by atoms with van der Waals surface area (Å²) >= 11 is 2.18. The molecule has 1 aromatic carbocycles. The highest BCUT2D eigenvalue weighted by atomic mass is 127. The van der Waals surface area contributed by atoms with E-state index >= 15 is 0 Å². The molecule has 1 aromatic rings. The predicted molar refractivity (Wildman–Crippen MR) is 108 cm³/mol. The van der Waals surface area contributed by atoms with Crippen molar-refractivity contribution in [1.29, 1.82) is 5.26 Å². The number of halogens is 1. The van der Waals surface area contributed by atoms with Crippen LogP contribution in [-0.4, -0.2) is 19.0 Å². The van der Waals surface area contributed by atoms with E-state index in [2.05, 4.69) is 28.7 Å². The number of allylic oxidation sites excluding steroid dienone is 3. The molecular formula is C20H21IN2O4. The van der Waals surface area contributed by atoms with Crippen molar-refractivity contribution in [2.24, 2.45) is 5.73 Å². The molecule has 0 radical (unpaired) electrons. The lowest BCUT2D eigenvalue weighted by atomic mass is 9.77. The van der Waals surface area contributed by atoms with E-state index in [1.165, 1.54) is 0 Å². The summed E-state index contributed by atoms with van der Waals surface area (Å²) in [5.74, 6) is 1.36. The Morgan fingerprint density at radius 1 is 1.30 bits per heavy atom. The van der Waals surface area contributed by atoms with E-state index in [-0.39, 0.29) is 17.2 Å². The molecule has 6 nitrogen and oxygen atoms in total. The summed E-state index contributed by atoms with van der Waals surface area (Å²) in [6.45, 7) is 4.79. The van der Waals surface area contributed by atoms with Crippen molar-refractivity contribution in [3.63, 3.8) is 0 Å². The van der Waals surface area contributed by atoms with Gasteiger partial charge in [0.05, 0.1) is 22.7 Å². The summed E-state index contributed by atoms with van der Waals surface area (Å²) in [7, 11) is 0. The van der Waals surface area contributed by atoms with Gasteiger partial charge in [-0.25, -0.2) is 0 Å². The number of benzene rings is 1. The van der Waals surface area contributed by atoms with Gasteiger partial charge in [0.2, 0.25) is 5.88 Å². The number of rotatable bonds is 5. The van der Waals surface area contributed by atoms with Crippen LogP contribution in [0.15, 0.2) is 34.9 Å².